The molecule has 1 aliphatic carbocycles. The lowest BCUT2D eigenvalue weighted by molar-refractivity contribution is 0.239. The van der Waals surface area contributed by atoms with Crippen molar-refractivity contribution in [2.24, 2.45) is 0 Å². The number of hydrogen-bond donors (Lipinski definition) is 1. The van der Waals surface area contributed by atoms with Crippen LogP contribution < -0.4 is 10.2 Å². The highest BCUT2D eigenvalue weighted by Crippen LogP contribution is 2.18. The van der Waals surface area contributed by atoms with E-state index >= 15 is 0 Å². The van der Waals surface area contributed by atoms with E-state index in [9.17, 15) is 4.79 Å². The molecule has 0 saturated heterocycles. The molecule has 0 unspecified atom stereocenters. The van der Waals surface area contributed by atoms with E-state index < -0.39 is 0 Å². The van der Waals surface area contributed by atoms with Crippen LogP contribution in [0.4, 0.5) is 10.6 Å². The van der Waals surface area contributed by atoms with Gasteiger partial charge >= 0.3 is 6.03 Å². The number of nitrogens with zero attached hydrogens (tertiary/aromatic N) is 3. The highest BCUT2D eigenvalue weighted by Gasteiger charge is 2.19. The third-order valence-electron chi connectivity index (χ3n) is 3.46. The Morgan fingerprint density at radius 1 is 1.42 bits per heavy atom. The predicted octanol–water partition coefficient (Wildman–Crippen LogP) is 2.43. The Labute approximate surface area is 113 Å². The van der Waals surface area contributed by atoms with Gasteiger partial charge in [-0.15, -0.1) is 0 Å². The van der Waals surface area contributed by atoms with Gasteiger partial charge in [-0.1, -0.05) is 19.3 Å². The summed E-state index contributed by atoms with van der Waals surface area (Å²) >= 11 is 0. The van der Waals surface area contributed by atoms with E-state index in [1.54, 1.807) is 19.2 Å². The van der Waals surface area contributed by atoms with Gasteiger partial charge in [0.05, 0.1) is 5.56 Å². The number of rotatable bonds is 2. The molecule has 0 atom stereocenters. The van der Waals surface area contributed by atoms with Crippen molar-refractivity contribution in [3.63, 3.8) is 0 Å². The van der Waals surface area contributed by atoms with E-state index in [2.05, 4.69) is 10.3 Å². The van der Waals surface area contributed by atoms with Crippen molar-refractivity contribution < 1.29 is 4.79 Å². The molecule has 2 amide bonds. The lowest BCUT2D eigenvalue weighted by atomic mass is 9.96. The van der Waals surface area contributed by atoms with Gasteiger partial charge in [-0.3, -0.25) is 4.90 Å². The van der Waals surface area contributed by atoms with E-state index in [0.29, 0.717) is 11.4 Å². The Kier molecular flexibility index (Phi) is 4.35. The largest absolute Gasteiger partial charge is 0.335 e. The van der Waals surface area contributed by atoms with Crippen LogP contribution in [0.3, 0.4) is 0 Å². The molecule has 0 aliphatic heterocycles. The maximum atomic E-state index is 12.1. The van der Waals surface area contributed by atoms with Gasteiger partial charge < -0.3 is 5.32 Å². The molecule has 2 rings (SSSR count). The van der Waals surface area contributed by atoms with Crippen LogP contribution in [0.5, 0.6) is 0 Å². The third-order valence-corrected chi connectivity index (χ3v) is 3.46. The summed E-state index contributed by atoms with van der Waals surface area (Å²) in [6, 6.07) is 5.49. The van der Waals surface area contributed by atoms with Gasteiger partial charge in [0.2, 0.25) is 0 Å². The van der Waals surface area contributed by atoms with Gasteiger partial charge in [-0.25, -0.2) is 9.78 Å². The Bertz CT molecular complexity index is 471. The molecule has 19 heavy (non-hydrogen) atoms. The minimum Gasteiger partial charge on any atom is -0.335 e. The first-order valence-corrected chi connectivity index (χ1v) is 6.61. The molecule has 0 spiro atoms. The predicted molar refractivity (Wildman–Crippen MR) is 72.8 cm³/mol. The number of carbonyl (C=O) groups excluding carboxylic acids is 1. The zero-order chi connectivity index (χ0) is 13.7. The van der Waals surface area contributed by atoms with Crippen molar-refractivity contribution in [2.75, 3.05) is 11.9 Å². The molecule has 1 aliphatic rings. The van der Waals surface area contributed by atoms with Gasteiger partial charge in [0.25, 0.3) is 0 Å². The zero-order valence-electron chi connectivity index (χ0n) is 11.1. The normalized spacial score (nSPS) is 15.6. The molecular weight excluding hydrogens is 240 g/mol. The molecule has 5 nitrogen and oxygen atoms in total. The molecule has 1 aromatic heterocycles. The summed E-state index contributed by atoms with van der Waals surface area (Å²) in [5, 5.41) is 11.7. The summed E-state index contributed by atoms with van der Waals surface area (Å²) in [5.74, 6) is 0.548. The molecule has 1 N–H and O–H groups in total. The molecule has 1 fully saturated rings. The fraction of sp³-hybridized carbons (Fsp3) is 0.500. The topological polar surface area (TPSA) is 69.0 Å². The van der Waals surface area contributed by atoms with Crippen LogP contribution in [-0.2, 0) is 0 Å². The van der Waals surface area contributed by atoms with Crippen LogP contribution >= 0.6 is 0 Å². The molecule has 1 aromatic rings. The van der Waals surface area contributed by atoms with E-state index in [1.807, 2.05) is 6.07 Å². The number of pyridine rings is 1. The van der Waals surface area contributed by atoms with Crippen LogP contribution in [0.25, 0.3) is 0 Å². The van der Waals surface area contributed by atoms with Crippen molar-refractivity contribution in [1.29, 1.82) is 5.26 Å². The van der Waals surface area contributed by atoms with Crippen LogP contribution in [0.2, 0.25) is 0 Å². The van der Waals surface area contributed by atoms with Crippen molar-refractivity contribution in [3.8, 4) is 6.07 Å². The fourth-order valence-electron chi connectivity index (χ4n) is 2.27. The number of aromatic nitrogens is 1. The van der Waals surface area contributed by atoms with Crippen molar-refractivity contribution in [2.45, 2.75) is 38.1 Å². The average molecular weight is 258 g/mol. The van der Waals surface area contributed by atoms with Crippen molar-refractivity contribution in [1.82, 2.24) is 10.3 Å². The summed E-state index contributed by atoms with van der Waals surface area (Å²) in [6.45, 7) is 0. The minimum absolute atomic E-state index is 0.135. The van der Waals surface area contributed by atoms with Gasteiger partial charge in [-0.2, -0.15) is 5.26 Å². The third kappa shape index (κ3) is 3.44. The number of nitriles is 1. The number of nitrogens with one attached hydrogen (secondary N) is 1. The van der Waals surface area contributed by atoms with Gasteiger partial charge in [0.1, 0.15) is 11.9 Å². The summed E-state index contributed by atoms with van der Waals surface area (Å²) in [5.41, 5.74) is 0.491. The standard InChI is InChI=1S/C14H18N4O/c1-18(13-8-7-11(9-15)10-16-13)14(19)17-12-5-3-2-4-6-12/h7-8,10,12H,2-6H2,1H3,(H,17,19). The van der Waals surface area contributed by atoms with E-state index in [4.69, 9.17) is 5.26 Å². The van der Waals surface area contributed by atoms with Crippen LogP contribution in [0.15, 0.2) is 18.3 Å². The second-order valence-electron chi connectivity index (χ2n) is 4.86. The summed E-state index contributed by atoms with van der Waals surface area (Å²) in [6.07, 6.45) is 7.22. The number of carbonyl (C=O) groups is 1. The monoisotopic (exact) mass is 258 g/mol. The zero-order valence-corrected chi connectivity index (χ0v) is 11.1. The minimum atomic E-state index is -0.135. The summed E-state index contributed by atoms with van der Waals surface area (Å²) < 4.78 is 0. The SMILES string of the molecule is CN(C(=O)NC1CCCCC1)c1ccc(C#N)cn1. The van der Waals surface area contributed by atoms with Crippen molar-refractivity contribution in [3.05, 3.63) is 23.9 Å². The lowest BCUT2D eigenvalue weighted by Gasteiger charge is -2.25. The van der Waals surface area contributed by atoms with Crippen LogP contribution in [0, 0.1) is 11.3 Å². The molecule has 100 valence electrons. The molecule has 5 heteroatoms. The number of hydrogen-bond acceptors (Lipinski definition) is 3. The van der Waals surface area contributed by atoms with Gasteiger partial charge in [0, 0.05) is 19.3 Å². The maximum absolute atomic E-state index is 12.1. The molecule has 1 heterocycles. The highest BCUT2D eigenvalue weighted by molar-refractivity contribution is 5.90. The summed E-state index contributed by atoms with van der Waals surface area (Å²) in [4.78, 5) is 17.7. The van der Waals surface area contributed by atoms with E-state index in [0.717, 1.165) is 12.8 Å². The Balaban J connectivity index is 1.95. The molecule has 1 saturated carbocycles. The van der Waals surface area contributed by atoms with Gasteiger partial charge in [0.15, 0.2) is 0 Å². The Morgan fingerprint density at radius 3 is 2.74 bits per heavy atom. The second kappa shape index (κ2) is 6.19. The number of urea groups is 1. The van der Waals surface area contributed by atoms with E-state index in [1.165, 1.54) is 30.4 Å². The van der Waals surface area contributed by atoms with Crippen molar-refractivity contribution >= 4 is 11.8 Å². The van der Waals surface area contributed by atoms with Crippen LogP contribution in [0.1, 0.15) is 37.7 Å². The molecule has 0 radical (unpaired) electrons. The van der Waals surface area contributed by atoms with E-state index in [-0.39, 0.29) is 12.1 Å². The second-order valence-corrected chi connectivity index (χ2v) is 4.86. The quantitative estimate of drug-likeness (QED) is 0.885. The summed E-state index contributed by atoms with van der Waals surface area (Å²) in [7, 11) is 1.69. The lowest BCUT2D eigenvalue weighted by Crippen LogP contribution is -2.44. The average Bonchev–Trinajstić information content (AvgIpc) is 2.47. The first-order chi connectivity index (χ1) is 9.20. The molecule has 0 bridgehead atoms. The molecular formula is C14H18N4O. The number of anilines is 1. The Hall–Kier alpha value is -2.09. The number of amides is 2. The Morgan fingerprint density at radius 2 is 2.16 bits per heavy atom. The smallest absolute Gasteiger partial charge is 0.323 e. The highest BCUT2D eigenvalue weighted by atomic mass is 16.2. The fourth-order valence-corrected chi connectivity index (χ4v) is 2.27. The molecule has 0 aromatic carbocycles. The maximum Gasteiger partial charge on any atom is 0.323 e. The van der Waals surface area contributed by atoms with Gasteiger partial charge in [-0.05, 0) is 25.0 Å². The van der Waals surface area contributed by atoms with Crippen LogP contribution in [-0.4, -0.2) is 24.1 Å². The first-order valence-electron chi connectivity index (χ1n) is 6.61. The first kappa shape index (κ1) is 13.3.